The van der Waals surface area contributed by atoms with Crippen molar-refractivity contribution in [3.63, 3.8) is 0 Å². The number of hydrogen-bond donors (Lipinski definition) is 0. The van der Waals surface area contributed by atoms with Crippen LogP contribution in [-0.4, -0.2) is 32.2 Å². The van der Waals surface area contributed by atoms with E-state index in [1.54, 1.807) is 0 Å². The molecule has 0 aliphatic heterocycles. The Balaban J connectivity index is 3.27. The lowest BCUT2D eigenvalue weighted by molar-refractivity contribution is -0.131. The van der Waals surface area contributed by atoms with Crippen LogP contribution in [0.5, 0.6) is 0 Å². The number of carbonyl (C=O) groups excluding carboxylic acids is 1. The molecule has 0 heterocycles. The van der Waals surface area contributed by atoms with E-state index in [0.717, 1.165) is 18.9 Å². The van der Waals surface area contributed by atoms with E-state index in [0.29, 0.717) is 13.2 Å². The first-order valence-electron chi connectivity index (χ1n) is 6.53. The molecule has 102 valence electrons. The summed E-state index contributed by atoms with van der Waals surface area (Å²) in [6, 6.07) is 0. The number of Topliss-reactive ketones (excluding diaryl/α,β-unsaturated/α-hetero) is 1. The summed E-state index contributed by atoms with van der Waals surface area (Å²) in [6.07, 6.45) is 2.29. The summed E-state index contributed by atoms with van der Waals surface area (Å²) in [5, 5.41) is 0. The summed E-state index contributed by atoms with van der Waals surface area (Å²) >= 11 is 0. The van der Waals surface area contributed by atoms with E-state index < -0.39 is 0 Å². The highest BCUT2D eigenvalue weighted by Gasteiger charge is 2.20. The third kappa shape index (κ3) is 10.5. The lowest BCUT2D eigenvalue weighted by Crippen LogP contribution is -2.25. The predicted octanol–water partition coefficient (Wildman–Crippen LogP) is 3.07. The monoisotopic (exact) mass is 244 g/mol. The van der Waals surface area contributed by atoms with Crippen molar-refractivity contribution in [2.24, 2.45) is 11.3 Å². The van der Waals surface area contributed by atoms with Crippen molar-refractivity contribution in [3.8, 4) is 0 Å². The Morgan fingerprint density at radius 3 is 2.18 bits per heavy atom. The smallest absolute Gasteiger partial charge is 0.163 e. The van der Waals surface area contributed by atoms with Gasteiger partial charge in [-0.3, -0.25) is 4.79 Å². The standard InChI is InChI=1S/C14H28O3/c1-12(2)7-6-8-16-9-10-17-11-13(15)14(3,4)5/h12H,6-11H2,1-5H3. The molecule has 0 unspecified atom stereocenters. The molecule has 0 bridgehead atoms. The Morgan fingerprint density at radius 1 is 1.06 bits per heavy atom. The van der Waals surface area contributed by atoms with Gasteiger partial charge in [0, 0.05) is 12.0 Å². The molecule has 3 heteroatoms. The molecule has 0 N–H and O–H groups in total. The summed E-state index contributed by atoms with van der Waals surface area (Å²) in [6.45, 7) is 12.2. The SMILES string of the molecule is CC(C)CCCOCCOCC(=O)C(C)(C)C. The second kappa shape index (κ2) is 8.65. The second-order valence-corrected chi connectivity index (χ2v) is 5.87. The van der Waals surface area contributed by atoms with Crippen molar-refractivity contribution >= 4 is 5.78 Å². The minimum Gasteiger partial charge on any atom is -0.379 e. The third-order valence-electron chi connectivity index (χ3n) is 2.51. The number of rotatable bonds is 9. The molecule has 0 aromatic carbocycles. The van der Waals surface area contributed by atoms with Crippen LogP contribution in [0.3, 0.4) is 0 Å². The fourth-order valence-corrected chi connectivity index (χ4v) is 1.19. The average Bonchev–Trinajstić information content (AvgIpc) is 2.19. The average molecular weight is 244 g/mol. The number of ketones is 1. The maximum absolute atomic E-state index is 11.5. The van der Waals surface area contributed by atoms with Crippen LogP contribution < -0.4 is 0 Å². The molecule has 0 aromatic rings. The van der Waals surface area contributed by atoms with Crippen LogP contribution in [0.1, 0.15) is 47.5 Å². The van der Waals surface area contributed by atoms with Crippen LogP contribution >= 0.6 is 0 Å². The van der Waals surface area contributed by atoms with Gasteiger partial charge in [-0.25, -0.2) is 0 Å². The number of hydrogen-bond acceptors (Lipinski definition) is 3. The van der Waals surface area contributed by atoms with Gasteiger partial charge < -0.3 is 9.47 Å². The van der Waals surface area contributed by atoms with Crippen molar-refractivity contribution in [2.75, 3.05) is 26.4 Å². The molecule has 0 spiro atoms. The summed E-state index contributed by atoms with van der Waals surface area (Å²) in [7, 11) is 0. The van der Waals surface area contributed by atoms with Crippen LogP contribution in [0.2, 0.25) is 0 Å². The first-order chi connectivity index (χ1) is 7.84. The molecule has 0 aliphatic carbocycles. The molecule has 17 heavy (non-hydrogen) atoms. The predicted molar refractivity (Wildman–Crippen MR) is 70.2 cm³/mol. The van der Waals surface area contributed by atoms with E-state index in [9.17, 15) is 4.79 Å². The topological polar surface area (TPSA) is 35.5 Å². The Bertz CT molecular complexity index is 204. The molecular weight excluding hydrogens is 216 g/mol. The van der Waals surface area contributed by atoms with Gasteiger partial charge in [-0.1, -0.05) is 34.6 Å². The molecule has 0 fully saturated rings. The van der Waals surface area contributed by atoms with Gasteiger partial charge in [-0.05, 0) is 18.8 Å². The highest BCUT2D eigenvalue weighted by molar-refractivity contribution is 5.84. The van der Waals surface area contributed by atoms with Crippen LogP contribution in [0.25, 0.3) is 0 Å². The van der Waals surface area contributed by atoms with E-state index in [1.807, 2.05) is 20.8 Å². The van der Waals surface area contributed by atoms with Gasteiger partial charge in [0.15, 0.2) is 5.78 Å². The largest absolute Gasteiger partial charge is 0.379 e. The zero-order valence-corrected chi connectivity index (χ0v) is 12.0. The molecule has 0 rings (SSSR count). The number of carbonyl (C=O) groups is 1. The summed E-state index contributed by atoms with van der Waals surface area (Å²) in [4.78, 5) is 11.5. The lowest BCUT2D eigenvalue weighted by atomic mass is 9.91. The van der Waals surface area contributed by atoms with Crippen molar-refractivity contribution < 1.29 is 14.3 Å². The molecule has 0 aliphatic rings. The van der Waals surface area contributed by atoms with Gasteiger partial charge >= 0.3 is 0 Å². The van der Waals surface area contributed by atoms with Gasteiger partial charge in [-0.15, -0.1) is 0 Å². The van der Waals surface area contributed by atoms with Gasteiger partial charge in [0.1, 0.15) is 6.61 Å². The van der Waals surface area contributed by atoms with Gasteiger partial charge in [0.2, 0.25) is 0 Å². The maximum atomic E-state index is 11.5. The van der Waals surface area contributed by atoms with Crippen LogP contribution in [0.4, 0.5) is 0 Å². The van der Waals surface area contributed by atoms with E-state index >= 15 is 0 Å². The Hall–Kier alpha value is -0.410. The first kappa shape index (κ1) is 16.6. The molecule has 0 saturated carbocycles. The summed E-state index contributed by atoms with van der Waals surface area (Å²) < 4.78 is 10.7. The van der Waals surface area contributed by atoms with Gasteiger partial charge in [0.25, 0.3) is 0 Å². The first-order valence-corrected chi connectivity index (χ1v) is 6.53. The van der Waals surface area contributed by atoms with Crippen molar-refractivity contribution in [1.29, 1.82) is 0 Å². The highest BCUT2D eigenvalue weighted by Crippen LogP contribution is 2.14. The van der Waals surface area contributed by atoms with Gasteiger partial charge in [-0.2, -0.15) is 0 Å². The Morgan fingerprint density at radius 2 is 1.65 bits per heavy atom. The van der Waals surface area contributed by atoms with E-state index in [4.69, 9.17) is 9.47 Å². The Kier molecular flexibility index (Phi) is 8.44. The quantitative estimate of drug-likeness (QED) is 0.585. The molecular formula is C14H28O3. The van der Waals surface area contributed by atoms with Crippen LogP contribution in [-0.2, 0) is 14.3 Å². The van der Waals surface area contributed by atoms with Gasteiger partial charge in [0.05, 0.1) is 13.2 Å². The third-order valence-corrected chi connectivity index (χ3v) is 2.51. The number of ether oxygens (including phenoxy) is 2. The molecule has 0 saturated heterocycles. The molecule has 0 radical (unpaired) electrons. The highest BCUT2D eigenvalue weighted by atomic mass is 16.5. The van der Waals surface area contributed by atoms with Crippen molar-refractivity contribution in [2.45, 2.75) is 47.5 Å². The zero-order valence-electron chi connectivity index (χ0n) is 12.0. The van der Waals surface area contributed by atoms with E-state index in [1.165, 1.54) is 6.42 Å². The van der Waals surface area contributed by atoms with Crippen molar-refractivity contribution in [1.82, 2.24) is 0 Å². The lowest BCUT2D eigenvalue weighted by Gasteiger charge is -2.16. The summed E-state index contributed by atoms with van der Waals surface area (Å²) in [5.41, 5.74) is -0.307. The van der Waals surface area contributed by atoms with Crippen LogP contribution in [0.15, 0.2) is 0 Å². The zero-order chi connectivity index (χ0) is 13.3. The summed E-state index contributed by atoms with van der Waals surface area (Å²) in [5.74, 6) is 0.872. The second-order valence-electron chi connectivity index (χ2n) is 5.87. The molecule has 3 nitrogen and oxygen atoms in total. The fraction of sp³-hybridized carbons (Fsp3) is 0.929. The van der Waals surface area contributed by atoms with Crippen molar-refractivity contribution in [3.05, 3.63) is 0 Å². The molecule has 0 amide bonds. The van der Waals surface area contributed by atoms with E-state index in [2.05, 4.69) is 13.8 Å². The maximum Gasteiger partial charge on any atom is 0.163 e. The molecule has 0 aromatic heterocycles. The molecule has 0 atom stereocenters. The Labute approximate surface area is 106 Å². The van der Waals surface area contributed by atoms with E-state index in [-0.39, 0.29) is 17.8 Å². The minimum atomic E-state index is -0.307. The van der Waals surface area contributed by atoms with Crippen LogP contribution in [0, 0.1) is 11.3 Å². The normalized spacial score (nSPS) is 12.1. The fourth-order valence-electron chi connectivity index (χ4n) is 1.19. The minimum absolute atomic E-state index is 0.136.